The number of carboxylic acids is 1. The maximum atomic E-state index is 11.1. The van der Waals surface area contributed by atoms with E-state index in [1.165, 1.54) is 0 Å². The molecule has 0 bridgehead atoms. The van der Waals surface area contributed by atoms with E-state index in [2.05, 4.69) is 9.69 Å². The molecule has 0 saturated carbocycles. The van der Waals surface area contributed by atoms with Gasteiger partial charge >= 0.3 is 5.97 Å². The van der Waals surface area contributed by atoms with Crippen LogP contribution in [0.25, 0.3) is 0 Å². The Labute approximate surface area is 107 Å². The summed E-state index contributed by atoms with van der Waals surface area (Å²) in [6.07, 6.45) is 0. The van der Waals surface area contributed by atoms with Crippen molar-refractivity contribution < 1.29 is 9.90 Å². The van der Waals surface area contributed by atoms with E-state index >= 15 is 0 Å². The first kappa shape index (κ1) is 11.9. The fraction of sp³-hybridized carbons (Fsp3) is 0.0909. The van der Waals surface area contributed by atoms with Gasteiger partial charge < -0.3 is 10.4 Å². The van der Waals surface area contributed by atoms with Gasteiger partial charge in [-0.25, -0.2) is 4.79 Å². The minimum atomic E-state index is -0.985. The highest BCUT2D eigenvalue weighted by molar-refractivity contribution is 7.10. The van der Waals surface area contributed by atoms with Crippen LogP contribution in [-0.4, -0.2) is 15.4 Å². The van der Waals surface area contributed by atoms with Crippen LogP contribution >= 0.6 is 23.1 Å². The highest BCUT2D eigenvalue weighted by atomic mass is 35.5. The number of aromatic carboxylic acids is 1. The summed E-state index contributed by atoms with van der Waals surface area (Å²) < 4.78 is 4.02. The third-order valence-corrected chi connectivity index (χ3v) is 3.25. The molecule has 0 fully saturated rings. The Kier molecular flexibility index (Phi) is 3.31. The molecule has 6 heteroatoms. The maximum Gasteiger partial charge on any atom is 0.340 e. The summed E-state index contributed by atoms with van der Waals surface area (Å²) in [5, 5.41) is 13.2. The number of hydrogen-bond acceptors (Lipinski definition) is 4. The number of benzene rings is 1. The quantitative estimate of drug-likeness (QED) is 0.894. The van der Waals surface area contributed by atoms with E-state index in [4.69, 9.17) is 16.7 Å². The van der Waals surface area contributed by atoms with Crippen LogP contribution in [0.15, 0.2) is 24.3 Å². The molecular formula is C11H9ClN2O2S. The van der Waals surface area contributed by atoms with Crippen molar-refractivity contribution in [3.8, 4) is 0 Å². The summed E-state index contributed by atoms with van der Waals surface area (Å²) in [4.78, 5) is 11.1. The number of hydrogen-bond donors (Lipinski definition) is 2. The number of anilines is 2. The number of carbonyl (C=O) groups is 1. The van der Waals surface area contributed by atoms with Gasteiger partial charge in [0.1, 0.15) is 10.6 Å². The predicted octanol–water partition coefficient (Wildman–Crippen LogP) is 3.55. The van der Waals surface area contributed by atoms with Crippen LogP contribution in [0.3, 0.4) is 0 Å². The van der Waals surface area contributed by atoms with Crippen LogP contribution in [-0.2, 0) is 0 Å². The number of halogens is 1. The molecule has 0 unspecified atom stereocenters. The van der Waals surface area contributed by atoms with Gasteiger partial charge in [-0.15, -0.1) is 0 Å². The van der Waals surface area contributed by atoms with Crippen molar-refractivity contribution in [1.82, 2.24) is 4.37 Å². The third-order valence-electron chi connectivity index (χ3n) is 2.16. The maximum absolute atomic E-state index is 11.1. The van der Waals surface area contributed by atoms with Crippen LogP contribution in [0, 0.1) is 6.92 Å². The summed E-state index contributed by atoms with van der Waals surface area (Å²) in [7, 11) is 0. The molecule has 1 aromatic heterocycles. The van der Waals surface area contributed by atoms with Gasteiger partial charge in [0, 0.05) is 10.7 Å². The normalized spacial score (nSPS) is 10.2. The lowest BCUT2D eigenvalue weighted by atomic mass is 10.2. The Morgan fingerprint density at radius 1 is 1.53 bits per heavy atom. The molecule has 0 atom stereocenters. The molecule has 0 aliphatic carbocycles. The van der Waals surface area contributed by atoms with Crippen LogP contribution in [0.4, 0.5) is 10.7 Å². The molecule has 17 heavy (non-hydrogen) atoms. The minimum absolute atomic E-state index is 0.204. The lowest BCUT2D eigenvalue weighted by molar-refractivity contribution is 0.0697. The first-order chi connectivity index (χ1) is 8.08. The standard InChI is InChI=1S/C11H9ClN2O2S/c1-6-9(11(15)16)10(17-14-6)13-8-4-2-3-7(12)5-8/h2-5,13H,1H3,(H,15,16). The van der Waals surface area contributed by atoms with E-state index in [-0.39, 0.29) is 5.56 Å². The monoisotopic (exact) mass is 268 g/mol. The molecule has 2 N–H and O–H groups in total. The van der Waals surface area contributed by atoms with E-state index in [1.807, 2.05) is 6.07 Å². The van der Waals surface area contributed by atoms with E-state index in [0.29, 0.717) is 15.7 Å². The van der Waals surface area contributed by atoms with Crippen molar-refractivity contribution in [3.05, 3.63) is 40.5 Å². The Morgan fingerprint density at radius 3 is 2.94 bits per heavy atom. The molecule has 1 aromatic carbocycles. The van der Waals surface area contributed by atoms with Crippen molar-refractivity contribution in [2.75, 3.05) is 5.32 Å². The number of nitrogens with one attached hydrogen (secondary N) is 1. The molecule has 0 aliphatic heterocycles. The molecule has 0 saturated heterocycles. The fourth-order valence-corrected chi connectivity index (χ4v) is 2.40. The topological polar surface area (TPSA) is 62.2 Å². The second-order valence-corrected chi connectivity index (χ2v) is 4.62. The molecular weight excluding hydrogens is 260 g/mol. The molecule has 0 radical (unpaired) electrons. The van der Waals surface area contributed by atoms with Gasteiger partial charge in [0.15, 0.2) is 0 Å². The van der Waals surface area contributed by atoms with Gasteiger partial charge in [-0.3, -0.25) is 0 Å². The second kappa shape index (κ2) is 4.73. The third kappa shape index (κ3) is 2.57. The van der Waals surface area contributed by atoms with Crippen LogP contribution in [0.2, 0.25) is 5.02 Å². The van der Waals surface area contributed by atoms with Gasteiger partial charge in [0.05, 0.1) is 5.69 Å². The Morgan fingerprint density at radius 2 is 2.29 bits per heavy atom. The smallest absolute Gasteiger partial charge is 0.340 e. The number of aryl methyl sites for hydroxylation is 1. The number of aromatic nitrogens is 1. The summed E-state index contributed by atoms with van der Waals surface area (Å²) in [6.45, 7) is 1.67. The largest absolute Gasteiger partial charge is 0.478 e. The minimum Gasteiger partial charge on any atom is -0.478 e. The molecule has 4 nitrogen and oxygen atoms in total. The van der Waals surface area contributed by atoms with Crippen LogP contribution in [0.1, 0.15) is 16.1 Å². The lowest BCUT2D eigenvalue weighted by Crippen LogP contribution is -2.01. The van der Waals surface area contributed by atoms with Gasteiger partial charge in [0.25, 0.3) is 0 Å². The van der Waals surface area contributed by atoms with Gasteiger partial charge in [-0.05, 0) is 36.7 Å². The SMILES string of the molecule is Cc1nsc(Nc2cccc(Cl)c2)c1C(=O)O. The number of nitrogens with zero attached hydrogens (tertiary/aromatic N) is 1. The molecule has 2 rings (SSSR count). The Balaban J connectivity index is 2.33. The van der Waals surface area contributed by atoms with E-state index in [9.17, 15) is 4.79 Å². The Hall–Kier alpha value is -1.59. The highest BCUT2D eigenvalue weighted by Gasteiger charge is 2.17. The average Bonchev–Trinajstić information content (AvgIpc) is 2.59. The summed E-state index contributed by atoms with van der Waals surface area (Å²) >= 11 is 6.97. The first-order valence-corrected chi connectivity index (χ1v) is 5.95. The van der Waals surface area contributed by atoms with Crippen molar-refractivity contribution in [3.63, 3.8) is 0 Å². The van der Waals surface area contributed by atoms with E-state index < -0.39 is 5.97 Å². The Bertz CT molecular complexity index is 568. The fourth-order valence-electron chi connectivity index (χ4n) is 1.40. The second-order valence-electron chi connectivity index (χ2n) is 3.41. The first-order valence-electron chi connectivity index (χ1n) is 4.80. The van der Waals surface area contributed by atoms with Crippen LogP contribution < -0.4 is 5.32 Å². The zero-order valence-corrected chi connectivity index (χ0v) is 10.5. The highest BCUT2D eigenvalue weighted by Crippen LogP contribution is 2.28. The van der Waals surface area contributed by atoms with Crippen molar-refractivity contribution >= 4 is 39.8 Å². The molecule has 0 amide bonds. The van der Waals surface area contributed by atoms with E-state index in [1.54, 1.807) is 25.1 Å². The van der Waals surface area contributed by atoms with Gasteiger partial charge in [-0.1, -0.05) is 17.7 Å². The van der Waals surface area contributed by atoms with Crippen LogP contribution in [0.5, 0.6) is 0 Å². The zero-order chi connectivity index (χ0) is 12.4. The summed E-state index contributed by atoms with van der Waals surface area (Å²) in [6, 6.07) is 7.08. The molecule has 0 aliphatic rings. The molecule has 2 aromatic rings. The molecule has 1 heterocycles. The van der Waals surface area contributed by atoms with Gasteiger partial charge in [-0.2, -0.15) is 4.37 Å². The van der Waals surface area contributed by atoms with Crippen molar-refractivity contribution in [2.45, 2.75) is 6.92 Å². The van der Waals surface area contributed by atoms with Gasteiger partial charge in [0.2, 0.25) is 0 Å². The molecule has 0 spiro atoms. The van der Waals surface area contributed by atoms with E-state index in [0.717, 1.165) is 17.2 Å². The molecule has 88 valence electrons. The number of rotatable bonds is 3. The number of carboxylic acid groups (broad SMARTS) is 1. The zero-order valence-electron chi connectivity index (χ0n) is 8.90. The summed E-state index contributed by atoms with van der Waals surface area (Å²) in [5.41, 5.74) is 1.45. The van der Waals surface area contributed by atoms with Crippen molar-refractivity contribution in [2.24, 2.45) is 0 Å². The predicted molar refractivity (Wildman–Crippen MR) is 68.5 cm³/mol. The van der Waals surface area contributed by atoms with Crippen molar-refractivity contribution in [1.29, 1.82) is 0 Å². The average molecular weight is 269 g/mol. The summed E-state index contributed by atoms with van der Waals surface area (Å²) in [5.74, 6) is -0.985. The lowest BCUT2D eigenvalue weighted by Gasteiger charge is -2.04.